The zero-order chi connectivity index (χ0) is 18.1. The number of carbonyl (C=O) groups excluding carboxylic acids is 1. The quantitative estimate of drug-likeness (QED) is 0.714. The maximum absolute atomic E-state index is 12.1. The standard InChI is InChI=1S/C18H20F2N2O3/c1-2-10-24-16-5-3-4-14(11-16)21-12-17(23)22-13-6-8-15(9-7-13)25-18(19)20/h3-9,11,18,21H,2,10,12H2,1H3,(H,22,23). The first-order chi connectivity index (χ1) is 12.1. The second kappa shape index (κ2) is 9.46. The van der Waals surface area contributed by atoms with Gasteiger partial charge in [0.25, 0.3) is 0 Å². The molecule has 2 aromatic carbocycles. The fourth-order valence-corrected chi connectivity index (χ4v) is 2.02. The summed E-state index contributed by atoms with van der Waals surface area (Å²) in [7, 11) is 0. The summed E-state index contributed by atoms with van der Waals surface area (Å²) >= 11 is 0. The molecular formula is C18H20F2N2O3. The molecule has 0 aromatic heterocycles. The highest BCUT2D eigenvalue weighted by Gasteiger charge is 2.06. The third kappa shape index (κ3) is 6.66. The smallest absolute Gasteiger partial charge is 0.387 e. The molecule has 0 saturated heterocycles. The number of hydrogen-bond acceptors (Lipinski definition) is 4. The minimum Gasteiger partial charge on any atom is -0.494 e. The first-order valence-electron chi connectivity index (χ1n) is 7.88. The number of amides is 1. The number of carbonyl (C=O) groups is 1. The first kappa shape index (κ1) is 18.5. The van der Waals surface area contributed by atoms with Crippen molar-refractivity contribution in [3.05, 3.63) is 48.5 Å². The predicted octanol–water partition coefficient (Wildman–Crippen LogP) is 4.13. The average molecular weight is 350 g/mol. The van der Waals surface area contributed by atoms with Gasteiger partial charge in [0, 0.05) is 17.4 Å². The molecule has 7 heteroatoms. The van der Waals surface area contributed by atoms with Gasteiger partial charge in [0.1, 0.15) is 11.5 Å². The lowest BCUT2D eigenvalue weighted by Crippen LogP contribution is -2.21. The third-order valence-corrected chi connectivity index (χ3v) is 3.12. The van der Waals surface area contributed by atoms with E-state index in [9.17, 15) is 13.6 Å². The number of anilines is 2. The van der Waals surface area contributed by atoms with Crippen molar-refractivity contribution in [2.75, 3.05) is 23.8 Å². The van der Waals surface area contributed by atoms with Gasteiger partial charge in [-0.2, -0.15) is 8.78 Å². The Balaban J connectivity index is 1.82. The van der Waals surface area contributed by atoms with Crippen LogP contribution in [0.2, 0.25) is 0 Å². The van der Waals surface area contributed by atoms with Crippen LogP contribution < -0.4 is 20.1 Å². The molecule has 1 amide bonds. The number of rotatable bonds is 9. The Morgan fingerprint density at radius 3 is 2.52 bits per heavy atom. The fraction of sp³-hybridized carbons (Fsp3) is 0.278. The summed E-state index contributed by atoms with van der Waals surface area (Å²) in [6, 6.07) is 13.1. The fourth-order valence-electron chi connectivity index (χ4n) is 2.02. The molecule has 0 saturated carbocycles. The van der Waals surface area contributed by atoms with Crippen molar-refractivity contribution in [2.24, 2.45) is 0 Å². The summed E-state index contributed by atoms with van der Waals surface area (Å²) in [5.41, 5.74) is 1.26. The van der Waals surface area contributed by atoms with E-state index >= 15 is 0 Å². The molecule has 0 fully saturated rings. The molecule has 5 nitrogen and oxygen atoms in total. The van der Waals surface area contributed by atoms with Gasteiger partial charge in [-0.3, -0.25) is 4.79 Å². The van der Waals surface area contributed by atoms with E-state index in [1.807, 2.05) is 31.2 Å². The van der Waals surface area contributed by atoms with E-state index < -0.39 is 6.61 Å². The first-order valence-corrected chi connectivity index (χ1v) is 7.88. The van der Waals surface area contributed by atoms with Gasteiger partial charge in [-0.25, -0.2) is 0 Å². The van der Waals surface area contributed by atoms with Gasteiger partial charge in [0.05, 0.1) is 13.2 Å². The molecule has 25 heavy (non-hydrogen) atoms. The van der Waals surface area contributed by atoms with Crippen LogP contribution in [0.4, 0.5) is 20.2 Å². The molecule has 134 valence electrons. The minimum atomic E-state index is -2.87. The Labute approximate surface area is 144 Å². The average Bonchev–Trinajstić information content (AvgIpc) is 2.60. The topological polar surface area (TPSA) is 59.6 Å². The van der Waals surface area contributed by atoms with Crippen LogP contribution in [0, 0.1) is 0 Å². The summed E-state index contributed by atoms with van der Waals surface area (Å²) in [6.07, 6.45) is 0.918. The van der Waals surface area contributed by atoms with Crippen LogP contribution >= 0.6 is 0 Å². The number of hydrogen-bond donors (Lipinski definition) is 2. The molecule has 2 N–H and O–H groups in total. The lowest BCUT2D eigenvalue weighted by molar-refractivity contribution is -0.114. The summed E-state index contributed by atoms with van der Waals surface area (Å²) in [5, 5.41) is 5.67. The molecule has 0 atom stereocenters. The Hall–Kier alpha value is -2.83. The summed E-state index contributed by atoms with van der Waals surface area (Å²) in [6.45, 7) is -0.151. The van der Waals surface area contributed by atoms with Crippen molar-refractivity contribution in [3.8, 4) is 11.5 Å². The van der Waals surface area contributed by atoms with Crippen molar-refractivity contribution < 1.29 is 23.0 Å². The van der Waals surface area contributed by atoms with Crippen LogP contribution in [0.15, 0.2) is 48.5 Å². The molecule has 0 unspecified atom stereocenters. The zero-order valence-corrected chi connectivity index (χ0v) is 13.8. The highest BCUT2D eigenvalue weighted by Crippen LogP contribution is 2.19. The largest absolute Gasteiger partial charge is 0.494 e. The Morgan fingerprint density at radius 2 is 1.84 bits per heavy atom. The molecule has 0 heterocycles. The van der Waals surface area contributed by atoms with Crippen molar-refractivity contribution >= 4 is 17.3 Å². The van der Waals surface area contributed by atoms with Gasteiger partial charge in [-0.15, -0.1) is 0 Å². The van der Waals surface area contributed by atoms with Gasteiger partial charge >= 0.3 is 6.61 Å². The van der Waals surface area contributed by atoms with Crippen molar-refractivity contribution in [1.29, 1.82) is 0 Å². The van der Waals surface area contributed by atoms with Crippen molar-refractivity contribution in [2.45, 2.75) is 20.0 Å². The number of halogens is 2. The van der Waals surface area contributed by atoms with Crippen molar-refractivity contribution in [3.63, 3.8) is 0 Å². The molecular weight excluding hydrogens is 330 g/mol. The van der Waals surface area contributed by atoms with E-state index in [1.54, 1.807) is 0 Å². The molecule has 0 aliphatic rings. The molecule has 2 rings (SSSR count). The monoisotopic (exact) mass is 350 g/mol. The Morgan fingerprint density at radius 1 is 1.08 bits per heavy atom. The van der Waals surface area contributed by atoms with E-state index in [2.05, 4.69) is 15.4 Å². The van der Waals surface area contributed by atoms with Crippen LogP contribution in [-0.4, -0.2) is 25.7 Å². The van der Waals surface area contributed by atoms with Crippen LogP contribution in [0.3, 0.4) is 0 Å². The number of alkyl halides is 2. The Kier molecular flexibility index (Phi) is 7.00. The van der Waals surface area contributed by atoms with Gasteiger partial charge < -0.3 is 20.1 Å². The maximum Gasteiger partial charge on any atom is 0.387 e. The van der Waals surface area contributed by atoms with E-state index in [4.69, 9.17) is 4.74 Å². The van der Waals surface area contributed by atoms with Crippen molar-refractivity contribution in [1.82, 2.24) is 0 Å². The minimum absolute atomic E-state index is 0.0371. The van der Waals surface area contributed by atoms with E-state index in [1.165, 1.54) is 24.3 Å². The maximum atomic E-state index is 12.1. The second-order valence-electron chi connectivity index (χ2n) is 5.18. The van der Waals surface area contributed by atoms with Gasteiger partial charge in [0.15, 0.2) is 0 Å². The summed E-state index contributed by atoms with van der Waals surface area (Å²) < 4.78 is 33.9. The van der Waals surface area contributed by atoms with Gasteiger partial charge in [0.2, 0.25) is 5.91 Å². The highest BCUT2D eigenvalue weighted by molar-refractivity contribution is 5.93. The Bertz CT molecular complexity index is 678. The normalized spacial score (nSPS) is 10.4. The number of ether oxygens (including phenoxy) is 2. The lowest BCUT2D eigenvalue weighted by Gasteiger charge is -2.10. The number of nitrogens with one attached hydrogen (secondary N) is 2. The van der Waals surface area contributed by atoms with Crippen LogP contribution in [0.25, 0.3) is 0 Å². The third-order valence-electron chi connectivity index (χ3n) is 3.12. The summed E-state index contributed by atoms with van der Waals surface area (Å²) in [5.74, 6) is 0.513. The van der Waals surface area contributed by atoms with E-state index in [-0.39, 0.29) is 18.2 Å². The van der Waals surface area contributed by atoms with Gasteiger partial charge in [-0.05, 0) is 42.8 Å². The van der Waals surface area contributed by atoms with Crippen LogP contribution in [0.5, 0.6) is 11.5 Å². The van der Waals surface area contributed by atoms with Crippen LogP contribution in [0.1, 0.15) is 13.3 Å². The predicted molar refractivity (Wildman–Crippen MR) is 92.4 cm³/mol. The SMILES string of the molecule is CCCOc1cccc(NCC(=O)Nc2ccc(OC(F)F)cc2)c1. The molecule has 0 aliphatic heterocycles. The van der Waals surface area contributed by atoms with E-state index in [0.717, 1.165) is 17.9 Å². The second-order valence-corrected chi connectivity index (χ2v) is 5.18. The number of benzene rings is 2. The van der Waals surface area contributed by atoms with E-state index in [0.29, 0.717) is 12.3 Å². The van der Waals surface area contributed by atoms with Gasteiger partial charge in [-0.1, -0.05) is 13.0 Å². The summed E-state index contributed by atoms with van der Waals surface area (Å²) in [4.78, 5) is 11.9. The highest BCUT2D eigenvalue weighted by atomic mass is 19.3. The molecule has 0 aliphatic carbocycles. The lowest BCUT2D eigenvalue weighted by atomic mass is 10.3. The molecule has 0 bridgehead atoms. The molecule has 0 spiro atoms. The molecule has 2 aromatic rings. The zero-order valence-electron chi connectivity index (χ0n) is 13.8. The van der Waals surface area contributed by atoms with Crippen LogP contribution in [-0.2, 0) is 4.79 Å². The molecule has 0 radical (unpaired) electrons.